The highest BCUT2D eigenvalue weighted by Gasteiger charge is 2.19. The van der Waals surface area contributed by atoms with Crippen molar-refractivity contribution in [3.63, 3.8) is 0 Å². The van der Waals surface area contributed by atoms with Gasteiger partial charge in [-0.2, -0.15) is 0 Å². The molecule has 3 aromatic rings. The van der Waals surface area contributed by atoms with E-state index in [1.165, 1.54) is 6.20 Å². The molecule has 0 saturated carbocycles. The molecule has 1 saturated heterocycles. The van der Waals surface area contributed by atoms with Crippen LogP contribution in [0.25, 0.3) is 0 Å². The summed E-state index contributed by atoms with van der Waals surface area (Å²) in [5.41, 5.74) is 0.881. The Morgan fingerprint density at radius 3 is 2.96 bits per heavy atom. The van der Waals surface area contributed by atoms with Gasteiger partial charge in [0.15, 0.2) is 5.69 Å². The molecule has 0 unspecified atom stereocenters. The molecule has 1 aromatic carbocycles. The van der Waals surface area contributed by atoms with Gasteiger partial charge in [0.25, 0.3) is 5.91 Å². The zero-order valence-electron chi connectivity index (χ0n) is 14.6. The average molecular weight is 365 g/mol. The minimum Gasteiger partial charge on any atom is -0.437 e. The smallest absolute Gasteiger partial charge is 0.277 e. The van der Waals surface area contributed by atoms with Gasteiger partial charge < -0.3 is 15.4 Å². The Kier molecular flexibility index (Phi) is 5.01. The van der Waals surface area contributed by atoms with Crippen LogP contribution in [0, 0.1) is 0 Å². The van der Waals surface area contributed by atoms with Crippen molar-refractivity contribution < 1.29 is 9.53 Å². The first-order chi connectivity index (χ1) is 13.3. The molecule has 0 spiro atoms. The zero-order valence-corrected chi connectivity index (χ0v) is 14.6. The number of carbonyl (C=O) groups is 1. The van der Waals surface area contributed by atoms with Crippen molar-refractivity contribution in [2.75, 3.05) is 18.4 Å². The Morgan fingerprint density at radius 1 is 1.26 bits per heavy atom. The highest BCUT2D eigenvalue weighted by Crippen LogP contribution is 2.22. The molecule has 0 atom stereocenters. The van der Waals surface area contributed by atoms with E-state index in [2.05, 4.69) is 30.9 Å². The lowest BCUT2D eigenvalue weighted by Crippen LogP contribution is -2.29. The Morgan fingerprint density at radius 2 is 2.15 bits per heavy atom. The molecule has 1 aliphatic rings. The molecule has 9 heteroatoms. The number of piperidine rings is 1. The Labute approximate surface area is 155 Å². The lowest BCUT2D eigenvalue weighted by molar-refractivity contribution is 0.102. The molecule has 0 aliphatic carbocycles. The fourth-order valence-electron chi connectivity index (χ4n) is 2.92. The number of hydrogen-bond acceptors (Lipinski definition) is 7. The fraction of sp³-hybridized carbons (Fsp3) is 0.278. The summed E-state index contributed by atoms with van der Waals surface area (Å²) in [6.45, 7) is 1.90. The number of aromatic nitrogens is 5. The molecular weight excluding hydrogens is 346 g/mol. The van der Waals surface area contributed by atoms with E-state index in [4.69, 9.17) is 4.74 Å². The second kappa shape index (κ2) is 7.92. The van der Waals surface area contributed by atoms with E-state index in [0.29, 0.717) is 17.3 Å². The average Bonchev–Trinajstić information content (AvgIpc) is 3.20. The number of benzene rings is 1. The van der Waals surface area contributed by atoms with E-state index in [1.54, 1.807) is 47.5 Å². The van der Waals surface area contributed by atoms with E-state index < -0.39 is 0 Å². The third kappa shape index (κ3) is 4.26. The lowest BCUT2D eigenvalue weighted by Gasteiger charge is -2.22. The Hall–Kier alpha value is -3.33. The maximum absolute atomic E-state index is 12.5. The second-order valence-electron chi connectivity index (χ2n) is 6.19. The first-order valence-corrected chi connectivity index (χ1v) is 8.76. The highest BCUT2D eigenvalue weighted by atomic mass is 16.5. The van der Waals surface area contributed by atoms with Crippen molar-refractivity contribution in [3.05, 3.63) is 54.7 Å². The molecule has 9 nitrogen and oxygen atoms in total. The number of rotatable bonds is 5. The lowest BCUT2D eigenvalue weighted by atomic mass is 10.1. The first kappa shape index (κ1) is 17.1. The van der Waals surface area contributed by atoms with Gasteiger partial charge in [-0.05, 0) is 38.1 Å². The topological polar surface area (TPSA) is 107 Å². The third-order valence-corrected chi connectivity index (χ3v) is 4.28. The molecule has 138 valence electrons. The van der Waals surface area contributed by atoms with Gasteiger partial charge in [0.2, 0.25) is 5.88 Å². The van der Waals surface area contributed by atoms with Crippen LogP contribution >= 0.6 is 0 Å². The first-order valence-electron chi connectivity index (χ1n) is 8.76. The summed E-state index contributed by atoms with van der Waals surface area (Å²) >= 11 is 0. The maximum Gasteiger partial charge on any atom is 0.277 e. The molecular formula is C18H19N7O2. The predicted molar refractivity (Wildman–Crippen MR) is 97.7 cm³/mol. The summed E-state index contributed by atoms with van der Waals surface area (Å²) in [7, 11) is 0. The van der Waals surface area contributed by atoms with E-state index in [1.807, 2.05) is 0 Å². The van der Waals surface area contributed by atoms with Crippen LogP contribution in [0.15, 0.2) is 49.1 Å². The summed E-state index contributed by atoms with van der Waals surface area (Å²) in [6.07, 6.45) is 8.29. The van der Waals surface area contributed by atoms with Crippen LogP contribution in [0.4, 0.5) is 5.69 Å². The van der Waals surface area contributed by atoms with Crippen LogP contribution in [-0.2, 0) is 0 Å². The van der Waals surface area contributed by atoms with Gasteiger partial charge in [0.05, 0.1) is 18.4 Å². The van der Waals surface area contributed by atoms with Gasteiger partial charge in [0, 0.05) is 24.1 Å². The number of nitrogens with zero attached hydrogens (tertiary/aromatic N) is 5. The molecule has 2 aromatic heterocycles. The summed E-state index contributed by atoms with van der Waals surface area (Å²) in [5.74, 6) is 0.615. The fourth-order valence-corrected chi connectivity index (χ4v) is 2.92. The van der Waals surface area contributed by atoms with Gasteiger partial charge in [0.1, 0.15) is 5.75 Å². The van der Waals surface area contributed by atoms with Crippen molar-refractivity contribution in [1.29, 1.82) is 0 Å². The van der Waals surface area contributed by atoms with Crippen molar-refractivity contribution in [2.45, 2.75) is 18.9 Å². The number of amides is 1. The van der Waals surface area contributed by atoms with Gasteiger partial charge in [-0.25, -0.2) is 9.67 Å². The maximum atomic E-state index is 12.5. The quantitative estimate of drug-likeness (QED) is 0.712. The summed E-state index contributed by atoms with van der Waals surface area (Å²) in [5, 5.41) is 14.2. The molecule has 1 aliphatic heterocycles. The van der Waals surface area contributed by atoms with Crippen LogP contribution < -0.4 is 15.4 Å². The van der Waals surface area contributed by atoms with Crippen LogP contribution in [0.2, 0.25) is 0 Å². The molecule has 4 rings (SSSR count). The number of ether oxygens (including phenoxy) is 1. The number of anilines is 1. The van der Waals surface area contributed by atoms with E-state index in [0.717, 1.165) is 25.9 Å². The van der Waals surface area contributed by atoms with Gasteiger partial charge in [-0.15, -0.1) is 5.10 Å². The molecule has 0 bridgehead atoms. The van der Waals surface area contributed by atoms with Crippen LogP contribution in [-0.4, -0.2) is 44.0 Å². The largest absolute Gasteiger partial charge is 0.437 e. The normalized spacial score (nSPS) is 14.7. The molecule has 1 fully saturated rings. The van der Waals surface area contributed by atoms with Gasteiger partial charge >= 0.3 is 0 Å². The summed E-state index contributed by atoms with van der Waals surface area (Å²) in [4.78, 5) is 20.5. The van der Waals surface area contributed by atoms with Crippen molar-refractivity contribution >= 4 is 11.6 Å². The molecule has 0 radical (unpaired) electrons. The van der Waals surface area contributed by atoms with E-state index in [9.17, 15) is 4.79 Å². The van der Waals surface area contributed by atoms with Crippen LogP contribution in [0.3, 0.4) is 0 Å². The highest BCUT2D eigenvalue weighted by molar-refractivity contribution is 6.02. The van der Waals surface area contributed by atoms with Gasteiger partial charge in [-0.3, -0.25) is 9.78 Å². The molecule has 1 amide bonds. The Balaban J connectivity index is 1.42. The SMILES string of the molecule is O=C(Nc1cccc(Oc2cnccn2)c1)c1cn(C2CCNCC2)nn1. The predicted octanol–water partition coefficient (Wildman–Crippen LogP) is 2.04. The number of hydrogen-bond donors (Lipinski definition) is 2. The van der Waals surface area contributed by atoms with Gasteiger partial charge in [-0.1, -0.05) is 11.3 Å². The standard InChI is InChI=1S/C18H19N7O2/c26-18(16-12-25(24-23-16)14-4-6-19-7-5-14)22-13-2-1-3-15(10-13)27-17-11-20-8-9-21-17/h1-3,8-12,14,19H,4-7H2,(H,22,26). The minimum atomic E-state index is -0.313. The zero-order chi connectivity index (χ0) is 18.5. The monoisotopic (exact) mass is 365 g/mol. The second-order valence-corrected chi connectivity index (χ2v) is 6.19. The van der Waals surface area contributed by atoms with Crippen molar-refractivity contribution in [1.82, 2.24) is 30.3 Å². The number of carbonyl (C=O) groups excluding carboxylic acids is 1. The molecule has 2 N–H and O–H groups in total. The third-order valence-electron chi connectivity index (χ3n) is 4.28. The summed E-state index contributed by atoms with van der Waals surface area (Å²) < 4.78 is 7.41. The van der Waals surface area contributed by atoms with Crippen LogP contribution in [0.1, 0.15) is 29.4 Å². The van der Waals surface area contributed by atoms with E-state index in [-0.39, 0.29) is 17.6 Å². The molecule has 27 heavy (non-hydrogen) atoms. The Bertz CT molecular complexity index is 907. The minimum absolute atomic E-state index is 0.281. The van der Waals surface area contributed by atoms with E-state index >= 15 is 0 Å². The van der Waals surface area contributed by atoms with Crippen molar-refractivity contribution in [2.24, 2.45) is 0 Å². The number of nitrogens with one attached hydrogen (secondary N) is 2. The summed E-state index contributed by atoms with van der Waals surface area (Å²) in [6, 6.07) is 7.33. The molecule has 3 heterocycles. The van der Waals surface area contributed by atoms with Crippen LogP contribution in [0.5, 0.6) is 11.6 Å². The van der Waals surface area contributed by atoms with Crippen molar-refractivity contribution in [3.8, 4) is 11.6 Å².